The maximum absolute atomic E-state index is 12.8. The van der Waals surface area contributed by atoms with Crippen molar-refractivity contribution in [3.05, 3.63) is 57.6 Å². The third-order valence-corrected chi connectivity index (χ3v) is 3.96. The zero-order chi connectivity index (χ0) is 18.9. The standard InChI is InChI=1S/C17H15F3N2O4/c1-10(11-2-5-15-16(8-11)26-7-6-25-15)21-13-4-3-12(17(18,19)20)9-14(13)22(23)24/h2-5,8-10,21H,6-7H2,1H3/t10-/m0/s1. The lowest BCUT2D eigenvalue weighted by atomic mass is 10.1. The lowest BCUT2D eigenvalue weighted by Crippen LogP contribution is -2.16. The lowest BCUT2D eigenvalue weighted by Gasteiger charge is -2.21. The Labute approximate surface area is 146 Å². The molecule has 6 nitrogen and oxygen atoms in total. The van der Waals surface area contributed by atoms with Crippen LogP contribution in [0.5, 0.6) is 11.5 Å². The fourth-order valence-electron chi connectivity index (χ4n) is 2.63. The molecule has 2 aromatic rings. The van der Waals surface area contributed by atoms with E-state index in [1.165, 1.54) is 0 Å². The molecule has 0 aliphatic carbocycles. The molecule has 1 atom stereocenters. The number of hydrogen-bond acceptors (Lipinski definition) is 5. The number of anilines is 1. The Hall–Kier alpha value is -2.97. The number of nitro groups is 1. The van der Waals surface area contributed by atoms with Crippen molar-refractivity contribution in [2.24, 2.45) is 0 Å². The largest absolute Gasteiger partial charge is 0.486 e. The van der Waals surface area contributed by atoms with Gasteiger partial charge in [0.15, 0.2) is 11.5 Å². The highest BCUT2D eigenvalue weighted by Crippen LogP contribution is 2.37. The van der Waals surface area contributed by atoms with Crippen LogP contribution in [0.4, 0.5) is 24.5 Å². The van der Waals surface area contributed by atoms with Gasteiger partial charge in [-0.1, -0.05) is 6.07 Å². The average Bonchev–Trinajstić information content (AvgIpc) is 2.60. The minimum Gasteiger partial charge on any atom is -0.486 e. The molecule has 0 fully saturated rings. The molecule has 1 heterocycles. The SMILES string of the molecule is C[C@H](Nc1ccc(C(F)(F)F)cc1[N+](=O)[O-])c1ccc2c(c1)OCCO2. The second-order valence-corrected chi connectivity index (χ2v) is 5.76. The summed E-state index contributed by atoms with van der Waals surface area (Å²) < 4.78 is 49.3. The molecule has 138 valence electrons. The highest BCUT2D eigenvalue weighted by atomic mass is 19.4. The van der Waals surface area contributed by atoms with Gasteiger partial charge in [0.2, 0.25) is 0 Å². The third-order valence-electron chi connectivity index (χ3n) is 3.96. The Morgan fingerprint density at radius 1 is 1.12 bits per heavy atom. The molecule has 2 aromatic carbocycles. The molecule has 3 rings (SSSR count). The predicted molar refractivity (Wildman–Crippen MR) is 87.6 cm³/mol. The maximum Gasteiger partial charge on any atom is 0.416 e. The quantitative estimate of drug-likeness (QED) is 0.633. The van der Waals surface area contributed by atoms with Crippen LogP contribution in [-0.4, -0.2) is 18.1 Å². The molecule has 9 heteroatoms. The molecule has 0 amide bonds. The van der Waals surface area contributed by atoms with Crippen molar-refractivity contribution >= 4 is 11.4 Å². The van der Waals surface area contributed by atoms with Gasteiger partial charge >= 0.3 is 6.18 Å². The average molecular weight is 368 g/mol. The molecule has 0 spiro atoms. The van der Waals surface area contributed by atoms with Crippen molar-refractivity contribution < 1.29 is 27.6 Å². The van der Waals surface area contributed by atoms with E-state index in [0.29, 0.717) is 30.8 Å². The number of hydrogen-bond donors (Lipinski definition) is 1. The minimum atomic E-state index is -4.65. The van der Waals surface area contributed by atoms with E-state index in [1.807, 2.05) is 0 Å². The highest BCUT2D eigenvalue weighted by molar-refractivity contribution is 5.64. The molecule has 0 aromatic heterocycles. The van der Waals surface area contributed by atoms with Gasteiger partial charge in [-0.25, -0.2) is 0 Å². The number of nitro benzene ring substituents is 1. The van der Waals surface area contributed by atoms with Crippen LogP contribution in [0.2, 0.25) is 0 Å². The molecule has 1 aliphatic rings. The first-order chi connectivity index (χ1) is 12.3. The lowest BCUT2D eigenvalue weighted by molar-refractivity contribution is -0.384. The number of fused-ring (bicyclic) bond motifs is 1. The highest BCUT2D eigenvalue weighted by Gasteiger charge is 2.33. The summed E-state index contributed by atoms with van der Waals surface area (Å²) in [6, 6.07) is 7.23. The van der Waals surface area contributed by atoms with Gasteiger partial charge < -0.3 is 14.8 Å². The van der Waals surface area contributed by atoms with Crippen molar-refractivity contribution in [1.82, 2.24) is 0 Å². The Kier molecular flexibility index (Phi) is 4.62. The fraction of sp³-hybridized carbons (Fsp3) is 0.294. The van der Waals surface area contributed by atoms with Crippen LogP contribution in [0.3, 0.4) is 0 Å². The van der Waals surface area contributed by atoms with Crippen LogP contribution >= 0.6 is 0 Å². The monoisotopic (exact) mass is 368 g/mol. The molecule has 1 N–H and O–H groups in total. The minimum absolute atomic E-state index is 0.00499. The molecular weight excluding hydrogens is 353 g/mol. The van der Waals surface area contributed by atoms with Crippen molar-refractivity contribution in [3.63, 3.8) is 0 Å². The summed E-state index contributed by atoms with van der Waals surface area (Å²) in [5, 5.41) is 14.1. The van der Waals surface area contributed by atoms with E-state index in [-0.39, 0.29) is 5.69 Å². The Bertz CT molecular complexity index is 839. The van der Waals surface area contributed by atoms with Gasteiger partial charge in [0.05, 0.1) is 10.5 Å². The molecule has 0 saturated carbocycles. The number of ether oxygens (including phenoxy) is 2. The first-order valence-electron chi connectivity index (χ1n) is 7.77. The summed E-state index contributed by atoms with van der Waals surface area (Å²) in [7, 11) is 0. The van der Waals surface area contributed by atoms with Gasteiger partial charge in [-0.2, -0.15) is 13.2 Å². The van der Waals surface area contributed by atoms with Gasteiger partial charge in [0, 0.05) is 12.1 Å². The first kappa shape index (κ1) is 17.8. The summed E-state index contributed by atoms with van der Waals surface area (Å²) in [4.78, 5) is 10.3. The molecule has 0 bridgehead atoms. The van der Waals surface area contributed by atoms with Crippen LogP contribution in [0, 0.1) is 10.1 Å². The van der Waals surface area contributed by atoms with Gasteiger partial charge in [-0.15, -0.1) is 0 Å². The smallest absolute Gasteiger partial charge is 0.416 e. The van der Waals surface area contributed by atoms with Crippen LogP contribution < -0.4 is 14.8 Å². The van der Waals surface area contributed by atoms with E-state index in [0.717, 1.165) is 17.7 Å². The summed E-state index contributed by atoms with van der Waals surface area (Å²) in [5.41, 5.74) is -0.945. The predicted octanol–water partition coefficient (Wildman–Crippen LogP) is 4.56. The number of benzene rings is 2. The summed E-state index contributed by atoms with van der Waals surface area (Å²) >= 11 is 0. The van der Waals surface area contributed by atoms with Crippen molar-refractivity contribution in [3.8, 4) is 11.5 Å². The number of nitrogens with one attached hydrogen (secondary N) is 1. The van der Waals surface area contributed by atoms with Crippen LogP contribution in [0.1, 0.15) is 24.1 Å². The Morgan fingerprint density at radius 2 is 1.81 bits per heavy atom. The summed E-state index contributed by atoms with van der Waals surface area (Å²) in [5.74, 6) is 1.16. The van der Waals surface area contributed by atoms with Gasteiger partial charge in [-0.05, 0) is 36.8 Å². The topological polar surface area (TPSA) is 73.6 Å². The zero-order valence-corrected chi connectivity index (χ0v) is 13.7. The molecule has 0 radical (unpaired) electrons. The van der Waals surface area contributed by atoms with E-state index in [1.54, 1.807) is 25.1 Å². The van der Waals surface area contributed by atoms with Gasteiger partial charge in [0.1, 0.15) is 18.9 Å². The van der Waals surface area contributed by atoms with Crippen molar-refractivity contribution in [2.45, 2.75) is 19.1 Å². The molecular formula is C17H15F3N2O4. The number of halogens is 3. The zero-order valence-electron chi connectivity index (χ0n) is 13.7. The molecule has 1 aliphatic heterocycles. The number of rotatable bonds is 4. The molecule has 0 unspecified atom stereocenters. The number of alkyl halides is 3. The second kappa shape index (κ2) is 6.74. The normalized spacial score (nSPS) is 14.6. The maximum atomic E-state index is 12.8. The summed E-state index contributed by atoms with van der Waals surface area (Å²) in [6.07, 6.45) is -4.65. The van der Waals surface area contributed by atoms with E-state index >= 15 is 0 Å². The van der Waals surface area contributed by atoms with E-state index in [2.05, 4.69) is 5.32 Å². The van der Waals surface area contributed by atoms with E-state index in [4.69, 9.17) is 9.47 Å². The Balaban J connectivity index is 1.87. The van der Waals surface area contributed by atoms with Gasteiger partial charge in [-0.3, -0.25) is 10.1 Å². The van der Waals surface area contributed by atoms with Crippen LogP contribution in [0.25, 0.3) is 0 Å². The van der Waals surface area contributed by atoms with Crippen LogP contribution in [0.15, 0.2) is 36.4 Å². The second-order valence-electron chi connectivity index (χ2n) is 5.76. The molecule has 26 heavy (non-hydrogen) atoms. The third kappa shape index (κ3) is 3.66. The summed E-state index contributed by atoms with van der Waals surface area (Å²) in [6.45, 7) is 2.62. The van der Waals surface area contributed by atoms with Gasteiger partial charge in [0.25, 0.3) is 5.69 Å². The van der Waals surface area contributed by atoms with E-state index < -0.39 is 28.4 Å². The Morgan fingerprint density at radius 3 is 2.46 bits per heavy atom. The molecule has 0 saturated heterocycles. The van der Waals surface area contributed by atoms with E-state index in [9.17, 15) is 23.3 Å². The number of nitrogens with zero attached hydrogens (tertiary/aromatic N) is 1. The van der Waals surface area contributed by atoms with Crippen LogP contribution in [-0.2, 0) is 6.18 Å². The first-order valence-corrected chi connectivity index (χ1v) is 7.77. The van der Waals surface area contributed by atoms with Crippen molar-refractivity contribution in [2.75, 3.05) is 18.5 Å². The van der Waals surface area contributed by atoms with Crippen molar-refractivity contribution in [1.29, 1.82) is 0 Å². The fourth-order valence-corrected chi connectivity index (χ4v) is 2.63.